The number of nitrogens with two attached hydrogens (primary N) is 1. The molecule has 1 saturated carbocycles. The summed E-state index contributed by atoms with van der Waals surface area (Å²) in [6, 6.07) is 0. The number of hydrogen-bond acceptors (Lipinski definition) is 5. The zero-order valence-corrected chi connectivity index (χ0v) is 10.6. The van der Waals surface area contributed by atoms with Gasteiger partial charge in [-0.15, -0.1) is 0 Å². The molecule has 1 heterocycles. The van der Waals surface area contributed by atoms with Gasteiger partial charge in [0.15, 0.2) is 0 Å². The average Bonchev–Trinajstić information content (AvgIpc) is 2.33. The highest BCUT2D eigenvalue weighted by Gasteiger charge is 2.35. The Bertz CT molecular complexity index is 381. The number of nitrogen functional groups attached to an aromatic ring is 1. The number of aromatic nitrogens is 2. The topological polar surface area (TPSA) is 75.9 Å². The molecular formula is C12H21N5. The predicted octanol–water partition coefficient (Wildman–Crippen LogP) is 2.07. The van der Waals surface area contributed by atoms with Crippen LogP contribution in [0.15, 0.2) is 6.33 Å². The fourth-order valence-electron chi connectivity index (χ4n) is 2.40. The first-order chi connectivity index (χ1) is 8.24. The molecule has 0 amide bonds. The lowest BCUT2D eigenvalue weighted by Gasteiger charge is -2.42. The van der Waals surface area contributed by atoms with Crippen molar-refractivity contribution in [1.82, 2.24) is 9.97 Å². The van der Waals surface area contributed by atoms with Gasteiger partial charge in [-0.05, 0) is 32.1 Å². The third-order valence-corrected chi connectivity index (χ3v) is 3.81. The van der Waals surface area contributed by atoms with Crippen molar-refractivity contribution in [2.45, 2.75) is 51.5 Å². The fourth-order valence-corrected chi connectivity index (χ4v) is 2.40. The molecule has 0 unspecified atom stereocenters. The van der Waals surface area contributed by atoms with Crippen LogP contribution >= 0.6 is 0 Å². The van der Waals surface area contributed by atoms with Crippen molar-refractivity contribution in [3.8, 4) is 0 Å². The van der Waals surface area contributed by atoms with E-state index in [0.717, 1.165) is 30.0 Å². The molecule has 1 aliphatic carbocycles. The first kappa shape index (κ1) is 12.1. The highest BCUT2D eigenvalue weighted by atomic mass is 15.3. The van der Waals surface area contributed by atoms with Gasteiger partial charge in [0.25, 0.3) is 0 Å². The number of nitrogens with one attached hydrogen (secondary N) is 2. The quantitative estimate of drug-likeness (QED) is 0.538. The van der Waals surface area contributed by atoms with Gasteiger partial charge in [0, 0.05) is 11.1 Å². The molecule has 1 aromatic heterocycles. The van der Waals surface area contributed by atoms with E-state index in [2.05, 4.69) is 34.6 Å². The predicted molar refractivity (Wildman–Crippen MR) is 69.7 cm³/mol. The van der Waals surface area contributed by atoms with Gasteiger partial charge in [0.1, 0.15) is 18.0 Å². The summed E-state index contributed by atoms with van der Waals surface area (Å²) in [6.07, 6.45) is 7.30. The second-order valence-corrected chi connectivity index (χ2v) is 4.66. The van der Waals surface area contributed by atoms with Crippen LogP contribution in [0.1, 0.15) is 45.1 Å². The summed E-state index contributed by atoms with van der Waals surface area (Å²) >= 11 is 0. The molecule has 1 aromatic rings. The second kappa shape index (κ2) is 4.87. The van der Waals surface area contributed by atoms with E-state index >= 15 is 0 Å². The number of nitrogens with zero attached hydrogens (tertiary/aromatic N) is 2. The van der Waals surface area contributed by atoms with Crippen LogP contribution in [0.3, 0.4) is 0 Å². The molecule has 0 radical (unpaired) electrons. The summed E-state index contributed by atoms with van der Waals surface area (Å²) in [5.74, 6) is 7.12. The Morgan fingerprint density at radius 2 is 2.00 bits per heavy atom. The van der Waals surface area contributed by atoms with Crippen LogP contribution in [0.2, 0.25) is 0 Å². The van der Waals surface area contributed by atoms with Crippen LogP contribution in [0.5, 0.6) is 0 Å². The van der Waals surface area contributed by atoms with Crippen LogP contribution in [0.4, 0.5) is 11.6 Å². The van der Waals surface area contributed by atoms with Crippen molar-refractivity contribution in [2.24, 2.45) is 5.84 Å². The van der Waals surface area contributed by atoms with Crippen molar-refractivity contribution in [3.63, 3.8) is 0 Å². The van der Waals surface area contributed by atoms with E-state index in [1.54, 1.807) is 6.33 Å². The van der Waals surface area contributed by atoms with Crippen molar-refractivity contribution in [1.29, 1.82) is 0 Å². The monoisotopic (exact) mass is 235 g/mol. The molecule has 0 saturated heterocycles. The number of anilines is 2. The van der Waals surface area contributed by atoms with Crippen LogP contribution in [-0.4, -0.2) is 15.5 Å². The third-order valence-electron chi connectivity index (χ3n) is 3.81. The molecule has 0 aromatic carbocycles. The minimum absolute atomic E-state index is 0.240. The highest BCUT2D eigenvalue weighted by Crippen LogP contribution is 2.38. The van der Waals surface area contributed by atoms with Gasteiger partial charge < -0.3 is 10.7 Å². The van der Waals surface area contributed by atoms with E-state index in [9.17, 15) is 0 Å². The lowest BCUT2D eigenvalue weighted by atomic mass is 9.75. The summed E-state index contributed by atoms with van der Waals surface area (Å²) in [6.45, 7) is 4.31. The van der Waals surface area contributed by atoms with E-state index in [4.69, 9.17) is 5.84 Å². The number of hydrazine groups is 1. The van der Waals surface area contributed by atoms with Crippen LogP contribution < -0.4 is 16.6 Å². The summed E-state index contributed by atoms with van der Waals surface area (Å²) in [7, 11) is 0. The van der Waals surface area contributed by atoms with Gasteiger partial charge in [-0.25, -0.2) is 15.8 Å². The fraction of sp³-hybridized carbons (Fsp3) is 0.667. The molecule has 0 atom stereocenters. The Morgan fingerprint density at radius 3 is 2.47 bits per heavy atom. The van der Waals surface area contributed by atoms with Gasteiger partial charge in [-0.1, -0.05) is 13.8 Å². The maximum Gasteiger partial charge on any atom is 0.148 e. The van der Waals surface area contributed by atoms with E-state index in [-0.39, 0.29) is 5.54 Å². The first-order valence-electron chi connectivity index (χ1n) is 6.33. The molecule has 1 fully saturated rings. The molecule has 94 valence electrons. The van der Waals surface area contributed by atoms with Crippen molar-refractivity contribution < 1.29 is 0 Å². The maximum absolute atomic E-state index is 5.47. The molecule has 1 aliphatic rings. The number of rotatable bonds is 5. The zero-order chi connectivity index (χ0) is 12.3. The lowest BCUT2D eigenvalue weighted by molar-refractivity contribution is 0.268. The SMILES string of the molecule is CCc1c(NN)ncnc1NC1(CC)CCC1. The van der Waals surface area contributed by atoms with E-state index in [1.165, 1.54) is 19.3 Å². The van der Waals surface area contributed by atoms with Crippen molar-refractivity contribution >= 4 is 11.6 Å². The van der Waals surface area contributed by atoms with Gasteiger partial charge in [0.2, 0.25) is 0 Å². The normalized spacial score (nSPS) is 17.4. The summed E-state index contributed by atoms with van der Waals surface area (Å²) in [4.78, 5) is 8.50. The Balaban J connectivity index is 2.25. The molecule has 0 aliphatic heterocycles. The summed E-state index contributed by atoms with van der Waals surface area (Å²) in [5.41, 5.74) is 3.94. The van der Waals surface area contributed by atoms with Gasteiger partial charge >= 0.3 is 0 Å². The largest absolute Gasteiger partial charge is 0.364 e. The standard InChI is InChI=1S/C12H21N5/c1-3-9-10(14-8-15-11(9)17-13)16-12(4-2)6-5-7-12/h8H,3-7,13H2,1-2H3,(H2,14,15,16,17). The molecule has 0 bridgehead atoms. The Kier molecular flexibility index (Phi) is 3.47. The minimum Gasteiger partial charge on any atom is -0.364 e. The van der Waals surface area contributed by atoms with Gasteiger partial charge in [-0.2, -0.15) is 0 Å². The Labute approximate surface area is 102 Å². The third kappa shape index (κ3) is 2.20. The first-order valence-corrected chi connectivity index (χ1v) is 6.33. The lowest BCUT2D eigenvalue weighted by Crippen LogP contribution is -2.44. The van der Waals surface area contributed by atoms with Crippen LogP contribution in [-0.2, 0) is 6.42 Å². The van der Waals surface area contributed by atoms with Crippen LogP contribution in [0.25, 0.3) is 0 Å². The van der Waals surface area contributed by atoms with Crippen molar-refractivity contribution in [2.75, 3.05) is 10.7 Å². The summed E-state index contributed by atoms with van der Waals surface area (Å²) < 4.78 is 0. The summed E-state index contributed by atoms with van der Waals surface area (Å²) in [5, 5.41) is 3.59. The molecule has 2 rings (SSSR count). The molecule has 5 heteroatoms. The molecular weight excluding hydrogens is 214 g/mol. The van der Waals surface area contributed by atoms with E-state index in [1.807, 2.05) is 0 Å². The van der Waals surface area contributed by atoms with Crippen LogP contribution in [0, 0.1) is 0 Å². The molecule has 5 nitrogen and oxygen atoms in total. The maximum atomic E-state index is 5.47. The second-order valence-electron chi connectivity index (χ2n) is 4.66. The van der Waals surface area contributed by atoms with Gasteiger partial charge in [-0.3, -0.25) is 0 Å². The van der Waals surface area contributed by atoms with E-state index < -0.39 is 0 Å². The Morgan fingerprint density at radius 1 is 1.29 bits per heavy atom. The van der Waals surface area contributed by atoms with Gasteiger partial charge in [0.05, 0.1) is 0 Å². The van der Waals surface area contributed by atoms with E-state index in [0.29, 0.717) is 0 Å². The molecule has 0 spiro atoms. The molecule has 4 N–H and O–H groups in total. The average molecular weight is 235 g/mol. The highest BCUT2D eigenvalue weighted by molar-refractivity contribution is 5.58. The van der Waals surface area contributed by atoms with Crippen molar-refractivity contribution in [3.05, 3.63) is 11.9 Å². The Hall–Kier alpha value is -1.36. The number of hydrogen-bond donors (Lipinski definition) is 3. The minimum atomic E-state index is 0.240. The molecule has 17 heavy (non-hydrogen) atoms. The smallest absolute Gasteiger partial charge is 0.148 e. The zero-order valence-electron chi connectivity index (χ0n) is 10.6.